The first-order valence-corrected chi connectivity index (χ1v) is 8.94. The van der Waals surface area contributed by atoms with Crippen molar-refractivity contribution in [1.82, 2.24) is 0 Å². The SMILES string of the molecule is CC1(C)C2CCC1(C)C(CC(=O)C1CC3CCC1C3)C2. The summed E-state index contributed by atoms with van der Waals surface area (Å²) in [6, 6.07) is 0. The van der Waals surface area contributed by atoms with Crippen LogP contribution in [-0.2, 0) is 4.79 Å². The van der Waals surface area contributed by atoms with E-state index in [1.54, 1.807) is 0 Å². The molecule has 6 unspecified atom stereocenters. The smallest absolute Gasteiger partial charge is 0.136 e. The molecule has 1 nitrogen and oxygen atoms in total. The molecule has 0 spiro atoms. The molecule has 112 valence electrons. The van der Waals surface area contributed by atoms with Gasteiger partial charge in [-0.1, -0.05) is 27.2 Å². The first-order chi connectivity index (χ1) is 9.42. The number of ketones is 1. The van der Waals surface area contributed by atoms with Gasteiger partial charge in [-0.05, 0) is 73.0 Å². The minimum atomic E-state index is 0.435. The Morgan fingerprint density at radius 2 is 1.85 bits per heavy atom. The third kappa shape index (κ3) is 1.58. The maximum Gasteiger partial charge on any atom is 0.136 e. The molecule has 20 heavy (non-hydrogen) atoms. The van der Waals surface area contributed by atoms with E-state index in [2.05, 4.69) is 20.8 Å². The van der Waals surface area contributed by atoms with E-state index in [1.165, 1.54) is 44.9 Å². The molecule has 0 amide bonds. The summed E-state index contributed by atoms with van der Waals surface area (Å²) in [6.45, 7) is 7.41. The fourth-order valence-corrected chi connectivity index (χ4v) is 6.71. The van der Waals surface area contributed by atoms with E-state index in [0.29, 0.717) is 28.4 Å². The lowest BCUT2D eigenvalue weighted by Gasteiger charge is -2.39. The van der Waals surface area contributed by atoms with Crippen molar-refractivity contribution in [2.24, 2.45) is 40.4 Å². The van der Waals surface area contributed by atoms with Gasteiger partial charge in [0, 0.05) is 12.3 Å². The third-order valence-electron chi connectivity index (χ3n) is 8.57. The van der Waals surface area contributed by atoms with E-state index in [-0.39, 0.29) is 0 Å². The molecule has 6 atom stereocenters. The third-order valence-corrected chi connectivity index (χ3v) is 8.57. The van der Waals surface area contributed by atoms with Crippen LogP contribution in [0.25, 0.3) is 0 Å². The Morgan fingerprint density at radius 3 is 2.35 bits per heavy atom. The molecule has 0 aromatic heterocycles. The molecule has 4 aliphatic rings. The lowest BCUT2D eigenvalue weighted by molar-refractivity contribution is -0.126. The Hall–Kier alpha value is -0.330. The fourth-order valence-electron chi connectivity index (χ4n) is 6.71. The van der Waals surface area contributed by atoms with Crippen molar-refractivity contribution in [3.63, 3.8) is 0 Å². The first-order valence-electron chi connectivity index (χ1n) is 8.94. The average Bonchev–Trinajstić information content (AvgIpc) is 3.10. The number of fused-ring (bicyclic) bond motifs is 4. The monoisotopic (exact) mass is 274 g/mol. The fraction of sp³-hybridized carbons (Fsp3) is 0.947. The minimum Gasteiger partial charge on any atom is -0.299 e. The van der Waals surface area contributed by atoms with Crippen LogP contribution in [0.3, 0.4) is 0 Å². The molecule has 0 aromatic carbocycles. The van der Waals surface area contributed by atoms with E-state index < -0.39 is 0 Å². The van der Waals surface area contributed by atoms with Gasteiger partial charge in [0.2, 0.25) is 0 Å². The molecule has 0 aromatic rings. The van der Waals surface area contributed by atoms with Gasteiger partial charge in [0.25, 0.3) is 0 Å². The summed E-state index contributed by atoms with van der Waals surface area (Å²) >= 11 is 0. The highest BCUT2D eigenvalue weighted by atomic mass is 16.1. The number of carbonyl (C=O) groups excluding carboxylic acids is 1. The van der Waals surface area contributed by atoms with Crippen LogP contribution in [0.5, 0.6) is 0 Å². The van der Waals surface area contributed by atoms with Crippen LogP contribution < -0.4 is 0 Å². The molecular formula is C19H30O. The van der Waals surface area contributed by atoms with E-state index in [4.69, 9.17) is 0 Å². The Morgan fingerprint density at radius 1 is 1.05 bits per heavy atom. The number of carbonyl (C=O) groups is 1. The second kappa shape index (κ2) is 4.11. The van der Waals surface area contributed by atoms with Crippen LogP contribution in [0, 0.1) is 40.4 Å². The van der Waals surface area contributed by atoms with Crippen molar-refractivity contribution < 1.29 is 4.79 Å². The van der Waals surface area contributed by atoms with Crippen molar-refractivity contribution in [2.75, 3.05) is 0 Å². The maximum absolute atomic E-state index is 12.8. The zero-order valence-electron chi connectivity index (χ0n) is 13.5. The van der Waals surface area contributed by atoms with Crippen molar-refractivity contribution in [2.45, 2.75) is 72.1 Å². The van der Waals surface area contributed by atoms with Crippen LogP contribution in [-0.4, -0.2) is 5.78 Å². The molecular weight excluding hydrogens is 244 g/mol. The Balaban J connectivity index is 1.47. The summed E-state index contributed by atoms with van der Waals surface area (Å²) in [5, 5.41) is 0. The largest absolute Gasteiger partial charge is 0.299 e. The molecule has 0 N–H and O–H groups in total. The van der Waals surface area contributed by atoms with Crippen molar-refractivity contribution in [3.8, 4) is 0 Å². The Kier molecular flexibility index (Phi) is 2.74. The number of hydrogen-bond donors (Lipinski definition) is 0. The van der Waals surface area contributed by atoms with Gasteiger partial charge < -0.3 is 0 Å². The summed E-state index contributed by atoms with van der Waals surface area (Å²) in [6.07, 6.45) is 10.4. The molecule has 4 fully saturated rings. The highest BCUT2D eigenvalue weighted by Crippen LogP contribution is 2.69. The normalized spacial score (nSPS) is 51.9. The van der Waals surface area contributed by atoms with Crippen LogP contribution >= 0.6 is 0 Å². The summed E-state index contributed by atoms with van der Waals surface area (Å²) in [7, 11) is 0. The van der Waals surface area contributed by atoms with Crippen LogP contribution in [0.4, 0.5) is 0 Å². The zero-order chi connectivity index (χ0) is 14.1. The second-order valence-electron chi connectivity index (χ2n) is 9.26. The summed E-state index contributed by atoms with van der Waals surface area (Å²) in [4.78, 5) is 12.8. The predicted octanol–water partition coefficient (Wildman–Crippen LogP) is 4.84. The highest BCUT2D eigenvalue weighted by Gasteiger charge is 2.61. The van der Waals surface area contributed by atoms with Gasteiger partial charge in [0.05, 0.1) is 0 Å². The standard InChI is InChI=1S/C19H30O/c1-18(2)14-6-7-19(18,3)15(10-14)11-17(20)16-9-12-4-5-13(16)8-12/h12-16H,4-11H2,1-3H3. The van der Waals surface area contributed by atoms with E-state index in [1.807, 2.05) is 0 Å². The number of rotatable bonds is 3. The Labute approximate surface area is 123 Å². The van der Waals surface area contributed by atoms with Gasteiger partial charge in [-0.15, -0.1) is 0 Å². The summed E-state index contributed by atoms with van der Waals surface area (Å²) in [5.41, 5.74) is 0.900. The van der Waals surface area contributed by atoms with Gasteiger partial charge in [0.15, 0.2) is 0 Å². The van der Waals surface area contributed by atoms with E-state index >= 15 is 0 Å². The van der Waals surface area contributed by atoms with Crippen molar-refractivity contribution in [1.29, 1.82) is 0 Å². The molecule has 0 saturated heterocycles. The van der Waals surface area contributed by atoms with E-state index in [0.717, 1.165) is 24.2 Å². The highest BCUT2D eigenvalue weighted by molar-refractivity contribution is 5.82. The van der Waals surface area contributed by atoms with Gasteiger partial charge in [-0.3, -0.25) is 4.79 Å². The van der Waals surface area contributed by atoms with Gasteiger partial charge in [0.1, 0.15) is 5.78 Å². The lowest BCUT2D eigenvalue weighted by Crippen LogP contribution is -2.34. The van der Waals surface area contributed by atoms with Crippen LogP contribution in [0.2, 0.25) is 0 Å². The van der Waals surface area contributed by atoms with Crippen molar-refractivity contribution >= 4 is 5.78 Å². The van der Waals surface area contributed by atoms with Gasteiger partial charge in [-0.2, -0.15) is 0 Å². The summed E-state index contributed by atoms with van der Waals surface area (Å²) < 4.78 is 0. The summed E-state index contributed by atoms with van der Waals surface area (Å²) in [5.74, 6) is 4.34. The molecule has 4 aliphatic carbocycles. The van der Waals surface area contributed by atoms with Crippen molar-refractivity contribution in [3.05, 3.63) is 0 Å². The van der Waals surface area contributed by atoms with Crippen LogP contribution in [0.15, 0.2) is 0 Å². The molecule has 4 bridgehead atoms. The average molecular weight is 274 g/mol. The quantitative estimate of drug-likeness (QED) is 0.719. The zero-order valence-corrected chi connectivity index (χ0v) is 13.5. The molecule has 0 aliphatic heterocycles. The molecule has 4 rings (SSSR count). The molecule has 1 heteroatoms. The first kappa shape index (κ1) is 13.3. The number of Topliss-reactive ketones (excluding diaryl/α,β-unsaturated/α-hetero) is 1. The second-order valence-corrected chi connectivity index (χ2v) is 9.26. The molecule has 0 heterocycles. The molecule has 4 saturated carbocycles. The van der Waals surface area contributed by atoms with Gasteiger partial charge >= 0.3 is 0 Å². The maximum atomic E-state index is 12.8. The lowest BCUT2D eigenvalue weighted by atomic mass is 9.65. The minimum absolute atomic E-state index is 0.435. The van der Waals surface area contributed by atoms with Gasteiger partial charge in [-0.25, -0.2) is 0 Å². The van der Waals surface area contributed by atoms with Crippen LogP contribution in [0.1, 0.15) is 72.1 Å². The molecule has 0 radical (unpaired) electrons. The van der Waals surface area contributed by atoms with E-state index in [9.17, 15) is 4.79 Å². The number of hydrogen-bond acceptors (Lipinski definition) is 1. The predicted molar refractivity (Wildman–Crippen MR) is 81.3 cm³/mol. The topological polar surface area (TPSA) is 17.1 Å². The Bertz CT molecular complexity index is 437.